The lowest BCUT2D eigenvalue weighted by Gasteiger charge is -2.36. The fraction of sp³-hybridized carbons (Fsp3) is 0.385. The average molecular weight is 403 g/mol. The number of aromatic nitrogens is 1. The maximum atomic E-state index is 15.4. The van der Waals surface area contributed by atoms with Crippen molar-refractivity contribution < 1.29 is 9.18 Å². The van der Waals surface area contributed by atoms with Gasteiger partial charge in [-0.1, -0.05) is 30.3 Å². The van der Waals surface area contributed by atoms with E-state index in [-0.39, 0.29) is 11.8 Å². The molecule has 1 aliphatic carbocycles. The van der Waals surface area contributed by atoms with Gasteiger partial charge in [-0.25, -0.2) is 4.39 Å². The smallest absolute Gasteiger partial charge is 0.225 e. The van der Waals surface area contributed by atoms with E-state index in [9.17, 15) is 4.79 Å². The molecular formula is C26H27FN2O. The number of amides is 1. The number of likely N-dealkylation sites (tertiary alicyclic amines) is 1. The molecule has 2 aliphatic rings. The van der Waals surface area contributed by atoms with E-state index in [4.69, 9.17) is 0 Å². The van der Waals surface area contributed by atoms with Crippen LogP contribution in [-0.4, -0.2) is 34.5 Å². The summed E-state index contributed by atoms with van der Waals surface area (Å²) >= 11 is 0. The van der Waals surface area contributed by atoms with Gasteiger partial charge in [-0.15, -0.1) is 0 Å². The van der Waals surface area contributed by atoms with Gasteiger partial charge in [-0.05, 0) is 73.1 Å². The van der Waals surface area contributed by atoms with Crippen molar-refractivity contribution in [2.24, 2.45) is 5.92 Å². The number of rotatable bonds is 4. The van der Waals surface area contributed by atoms with Crippen LogP contribution < -0.4 is 0 Å². The maximum absolute atomic E-state index is 15.4. The highest BCUT2D eigenvalue weighted by molar-refractivity contribution is 5.86. The van der Waals surface area contributed by atoms with Crippen LogP contribution in [0.15, 0.2) is 54.7 Å². The van der Waals surface area contributed by atoms with Gasteiger partial charge in [-0.3, -0.25) is 9.78 Å². The molecule has 3 aromatic rings. The summed E-state index contributed by atoms with van der Waals surface area (Å²) in [5, 5.41) is 1.14. The second-order valence-corrected chi connectivity index (χ2v) is 8.99. The largest absolute Gasteiger partial charge is 0.342 e. The minimum absolute atomic E-state index is 0.221. The van der Waals surface area contributed by atoms with E-state index in [1.165, 1.54) is 5.56 Å². The normalized spacial score (nSPS) is 18.5. The molecule has 1 saturated heterocycles. The number of fused-ring (bicyclic) bond motifs is 1. The van der Waals surface area contributed by atoms with Crippen LogP contribution in [0.4, 0.5) is 4.39 Å². The van der Waals surface area contributed by atoms with Crippen molar-refractivity contribution >= 4 is 16.8 Å². The standard InChI is InChI=1S/C26H27FN2O/c1-18-15-22-3-2-12-28-24(22)16-23(18)20-6-4-19(5-7-20)17-26(27)10-13-29(14-11-26)25(30)21-8-9-21/h2-7,12,15-16,21H,8-11,13-14,17H2,1H3. The number of hydrogen-bond donors (Lipinski definition) is 0. The summed E-state index contributed by atoms with van der Waals surface area (Å²) < 4.78 is 15.4. The third kappa shape index (κ3) is 3.83. The van der Waals surface area contributed by atoms with E-state index in [0.717, 1.165) is 40.4 Å². The Kier molecular flexibility index (Phi) is 4.80. The molecule has 5 rings (SSSR count). The molecular weight excluding hydrogens is 375 g/mol. The zero-order valence-electron chi connectivity index (χ0n) is 17.4. The van der Waals surface area contributed by atoms with Crippen molar-refractivity contribution in [2.45, 2.75) is 44.7 Å². The molecule has 1 amide bonds. The lowest BCUT2D eigenvalue weighted by molar-refractivity contribution is -0.135. The molecule has 1 aliphatic heterocycles. The van der Waals surface area contributed by atoms with Gasteiger partial charge in [0.15, 0.2) is 0 Å². The maximum Gasteiger partial charge on any atom is 0.225 e. The second-order valence-electron chi connectivity index (χ2n) is 8.99. The van der Waals surface area contributed by atoms with Crippen molar-refractivity contribution in [3.05, 3.63) is 65.9 Å². The molecule has 3 nitrogen and oxygen atoms in total. The SMILES string of the molecule is Cc1cc2cccnc2cc1-c1ccc(CC2(F)CCN(C(=O)C3CC3)CC2)cc1. The van der Waals surface area contributed by atoms with Crippen molar-refractivity contribution in [3.63, 3.8) is 0 Å². The van der Waals surface area contributed by atoms with Gasteiger partial charge < -0.3 is 4.90 Å². The molecule has 0 N–H and O–H groups in total. The summed E-state index contributed by atoms with van der Waals surface area (Å²) in [7, 11) is 0. The Hall–Kier alpha value is -2.75. The lowest BCUT2D eigenvalue weighted by atomic mass is 9.86. The summed E-state index contributed by atoms with van der Waals surface area (Å²) in [6.45, 7) is 3.21. The Bertz CT molecular complexity index is 1080. The van der Waals surface area contributed by atoms with Crippen LogP contribution in [0.3, 0.4) is 0 Å². The number of aryl methyl sites for hydroxylation is 1. The number of pyridine rings is 1. The van der Waals surface area contributed by atoms with Gasteiger partial charge in [0, 0.05) is 37.0 Å². The predicted octanol–water partition coefficient (Wildman–Crippen LogP) is 5.49. The Morgan fingerprint density at radius 1 is 1.13 bits per heavy atom. The van der Waals surface area contributed by atoms with Gasteiger partial charge in [0.25, 0.3) is 0 Å². The molecule has 0 radical (unpaired) electrons. The molecule has 154 valence electrons. The highest BCUT2D eigenvalue weighted by Crippen LogP contribution is 2.36. The van der Waals surface area contributed by atoms with Crippen LogP contribution >= 0.6 is 0 Å². The Labute approximate surface area is 176 Å². The first kappa shape index (κ1) is 19.2. The molecule has 0 atom stereocenters. The first-order chi connectivity index (χ1) is 14.5. The molecule has 2 fully saturated rings. The molecule has 0 unspecified atom stereocenters. The molecule has 4 heteroatoms. The van der Waals surface area contributed by atoms with Crippen LogP contribution in [-0.2, 0) is 11.2 Å². The minimum atomic E-state index is -1.22. The number of piperidine rings is 1. The van der Waals surface area contributed by atoms with E-state index < -0.39 is 5.67 Å². The molecule has 2 heterocycles. The Morgan fingerprint density at radius 2 is 1.87 bits per heavy atom. The molecule has 1 aromatic heterocycles. The van der Waals surface area contributed by atoms with Crippen molar-refractivity contribution in [1.29, 1.82) is 0 Å². The summed E-state index contributed by atoms with van der Waals surface area (Å²) in [6, 6.07) is 16.6. The van der Waals surface area contributed by atoms with Crippen molar-refractivity contribution in [3.8, 4) is 11.1 Å². The van der Waals surface area contributed by atoms with Crippen LogP contribution in [0.5, 0.6) is 0 Å². The van der Waals surface area contributed by atoms with Crippen molar-refractivity contribution in [1.82, 2.24) is 9.88 Å². The van der Waals surface area contributed by atoms with E-state index in [0.29, 0.717) is 32.4 Å². The molecule has 2 aromatic carbocycles. The monoisotopic (exact) mass is 402 g/mol. The fourth-order valence-corrected chi connectivity index (χ4v) is 4.61. The third-order valence-electron chi connectivity index (χ3n) is 6.63. The first-order valence-corrected chi connectivity index (χ1v) is 10.9. The first-order valence-electron chi connectivity index (χ1n) is 10.9. The fourth-order valence-electron chi connectivity index (χ4n) is 4.61. The van der Waals surface area contributed by atoms with E-state index in [2.05, 4.69) is 42.2 Å². The molecule has 0 spiro atoms. The highest BCUT2D eigenvalue weighted by Gasteiger charge is 2.39. The number of nitrogens with zero attached hydrogens (tertiary/aromatic N) is 2. The summed E-state index contributed by atoms with van der Waals surface area (Å²) in [5.74, 6) is 0.458. The van der Waals surface area contributed by atoms with Gasteiger partial charge in [0.1, 0.15) is 5.67 Å². The number of carbonyl (C=O) groups is 1. The Morgan fingerprint density at radius 3 is 2.57 bits per heavy atom. The van der Waals surface area contributed by atoms with Gasteiger partial charge in [0.05, 0.1) is 5.52 Å². The lowest BCUT2D eigenvalue weighted by Crippen LogP contribution is -2.46. The molecule has 1 saturated carbocycles. The van der Waals surface area contributed by atoms with Crippen LogP contribution in [0.25, 0.3) is 22.0 Å². The molecule has 0 bridgehead atoms. The van der Waals surface area contributed by atoms with Crippen molar-refractivity contribution in [2.75, 3.05) is 13.1 Å². The number of alkyl halides is 1. The Balaban J connectivity index is 1.28. The van der Waals surface area contributed by atoms with E-state index in [1.54, 1.807) is 0 Å². The van der Waals surface area contributed by atoms with Crippen LogP contribution in [0.2, 0.25) is 0 Å². The predicted molar refractivity (Wildman–Crippen MR) is 118 cm³/mol. The number of halogens is 1. The average Bonchev–Trinajstić information content (AvgIpc) is 3.59. The summed E-state index contributed by atoms with van der Waals surface area (Å²) in [6.07, 6.45) is 5.11. The van der Waals surface area contributed by atoms with E-state index in [1.807, 2.05) is 29.3 Å². The number of carbonyl (C=O) groups excluding carboxylic acids is 1. The van der Waals surface area contributed by atoms with E-state index >= 15 is 4.39 Å². The number of hydrogen-bond acceptors (Lipinski definition) is 2. The van der Waals surface area contributed by atoms with Crippen LogP contribution in [0.1, 0.15) is 36.8 Å². The van der Waals surface area contributed by atoms with Gasteiger partial charge in [0.2, 0.25) is 5.91 Å². The van der Waals surface area contributed by atoms with Gasteiger partial charge >= 0.3 is 0 Å². The van der Waals surface area contributed by atoms with Crippen LogP contribution in [0, 0.1) is 12.8 Å². The zero-order chi connectivity index (χ0) is 20.7. The summed E-state index contributed by atoms with van der Waals surface area (Å²) in [5.41, 5.74) is 4.27. The summed E-state index contributed by atoms with van der Waals surface area (Å²) in [4.78, 5) is 18.5. The quantitative estimate of drug-likeness (QED) is 0.578. The molecule has 30 heavy (non-hydrogen) atoms. The van der Waals surface area contributed by atoms with Gasteiger partial charge in [-0.2, -0.15) is 0 Å². The second kappa shape index (κ2) is 7.50. The third-order valence-corrected chi connectivity index (χ3v) is 6.63. The topological polar surface area (TPSA) is 33.2 Å². The minimum Gasteiger partial charge on any atom is -0.342 e. The zero-order valence-corrected chi connectivity index (χ0v) is 17.4. The number of benzene rings is 2. The highest BCUT2D eigenvalue weighted by atomic mass is 19.1.